The first-order chi connectivity index (χ1) is 11.7. The van der Waals surface area contributed by atoms with Crippen molar-refractivity contribution in [3.63, 3.8) is 0 Å². The molecule has 6 nitrogen and oxygen atoms in total. The molecule has 1 aliphatic carbocycles. The van der Waals surface area contributed by atoms with Gasteiger partial charge in [-0.15, -0.1) is 0 Å². The van der Waals surface area contributed by atoms with Crippen LogP contribution in [0.15, 0.2) is 35.9 Å². The molecule has 1 aromatic heterocycles. The average molecular weight is 325 g/mol. The number of aromatic nitrogens is 3. The van der Waals surface area contributed by atoms with E-state index in [2.05, 4.69) is 31.9 Å². The average Bonchev–Trinajstić information content (AvgIpc) is 3.01. The molecular formula is C18H23N5O. The predicted octanol–water partition coefficient (Wildman–Crippen LogP) is 3.33. The summed E-state index contributed by atoms with van der Waals surface area (Å²) in [7, 11) is 0. The van der Waals surface area contributed by atoms with Crippen LogP contribution >= 0.6 is 0 Å². The van der Waals surface area contributed by atoms with Gasteiger partial charge in [0.15, 0.2) is 5.82 Å². The lowest BCUT2D eigenvalue weighted by molar-refractivity contribution is 0.252. The number of nitrogens with one attached hydrogen (secondary N) is 3. The minimum Gasteiger partial charge on any atom is -0.334 e. The van der Waals surface area contributed by atoms with E-state index in [1.165, 1.54) is 18.4 Å². The van der Waals surface area contributed by atoms with Crippen molar-refractivity contribution in [1.82, 2.24) is 20.5 Å². The normalized spacial score (nSPS) is 14.1. The van der Waals surface area contributed by atoms with Crippen LogP contribution < -0.4 is 10.6 Å². The van der Waals surface area contributed by atoms with Crippen molar-refractivity contribution in [2.24, 2.45) is 0 Å². The number of benzene rings is 1. The number of allylic oxidation sites excluding steroid dienone is 1. The van der Waals surface area contributed by atoms with Crippen LogP contribution in [0.3, 0.4) is 0 Å². The summed E-state index contributed by atoms with van der Waals surface area (Å²) in [6.07, 6.45) is 7.62. The number of aryl methyl sites for hydroxylation is 1. The minimum atomic E-state index is -0.168. The number of rotatable bonds is 5. The molecule has 1 heterocycles. The van der Waals surface area contributed by atoms with E-state index in [9.17, 15) is 4.79 Å². The SMILES string of the molecule is Cc1nc(Cc2ccc(NC(=O)NCC3=CCCCC3)cc2)n[nH]1. The van der Waals surface area contributed by atoms with Gasteiger partial charge in [-0.3, -0.25) is 5.10 Å². The zero-order chi connectivity index (χ0) is 16.8. The number of H-pyrrole nitrogens is 1. The van der Waals surface area contributed by atoms with Crippen LogP contribution in [0.2, 0.25) is 0 Å². The van der Waals surface area contributed by atoms with Crippen molar-refractivity contribution in [1.29, 1.82) is 0 Å². The van der Waals surface area contributed by atoms with Crippen LogP contribution in [0.1, 0.15) is 42.9 Å². The van der Waals surface area contributed by atoms with Gasteiger partial charge in [-0.2, -0.15) is 5.10 Å². The first kappa shape index (κ1) is 16.2. The highest BCUT2D eigenvalue weighted by atomic mass is 16.2. The lowest BCUT2D eigenvalue weighted by Crippen LogP contribution is -2.30. The van der Waals surface area contributed by atoms with Gasteiger partial charge in [0.25, 0.3) is 0 Å². The molecule has 3 rings (SSSR count). The Morgan fingerprint density at radius 3 is 2.75 bits per heavy atom. The Kier molecular flexibility index (Phi) is 5.25. The van der Waals surface area contributed by atoms with Gasteiger partial charge in [0, 0.05) is 18.7 Å². The number of urea groups is 1. The van der Waals surface area contributed by atoms with Gasteiger partial charge in [0.1, 0.15) is 5.82 Å². The van der Waals surface area contributed by atoms with Gasteiger partial charge < -0.3 is 10.6 Å². The standard InChI is InChI=1S/C18H23N5O/c1-13-20-17(23-22-13)11-14-7-9-16(10-8-14)21-18(24)19-12-15-5-3-2-4-6-15/h5,7-10H,2-4,6,11-12H2,1H3,(H2,19,21,24)(H,20,22,23). The number of amides is 2. The van der Waals surface area contributed by atoms with Gasteiger partial charge in [-0.1, -0.05) is 23.8 Å². The summed E-state index contributed by atoms with van der Waals surface area (Å²) in [4.78, 5) is 16.3. The molecule has 0 radical (unpaired) electrons. The summed E-state index contributed by atoms with van der Waals surface area (Å²) in [5.74, 6) is 1.58. The molecular weight excluding hydrogens is 302 g/mol. The summed E-state index contributed by atoms with van der Waals surface area (Å²) < 4.78 is 0. The molecule has 0 saturated heterocycles. The molecule has 0 saturated carbocycles. The Morgan fingerprint density at radius 2 is 2.08 bits per heavy atom. The number of aromatic amines is 1. The second kappa shape index (κ2) is 7.77. The van der Waals surface area contributed by atoms with Crippen LogP contribution in [0.5, 0.6) is 0 Å². The lowest BCUT2D eigenvalue weighted by Gasteiger charge is -2.14. The monoisotopic (exact) mass is 325 g/mol. The first-order valence-corrected chi connectivity index (χ1v) is 8.38. The summed E-state index contributed by atoms with van der Waals surface area (Å²) in [6.45, 7) is 2.51. The molecule has 1 aliphatic rings. The Hall–Kier alpha value is -2.63. The molecule has 126 valence electrons. The van der Waals surface area contributed by atoms with Crippen LogP contribution in [0.4, 0.5) is 10.5 Å². The van der Waals surface area contributed by atoms with Crippen LogP contribution in [-0.2, 0) is 6.42 Å². The molecule has 2 amide bonds. The summed E-state index contributed by atoms with van der Waals surface area (Å²) in [6, 6.07) is 7.58. The van der Waals surface area contributed by atoms with E-state index >= 15 is 0 Å². The molecule has 6 heteroatoms. The molecule has 0 fully saturated rings. The molecule has 0 atom stereocenters. The Bertz CT molecular complexity index is 717. The summed E-state index contributed by atoms with van der Waals surface area (Å²) in [5, 5.41) is 12.7. The zero-order valence-corrected chi connectivity index (χ0v) is 13.9. The fourth-order valence-electron chi connectivity index (χ4n) is 2.79. The second-order valence-electron chi connectivity index (χ2n) is 6.13. The Balaban J connectivity index is 1.48. The largest absolute Gasteiger partial charge is 0.334 e. The highest BCUT2D eigenvalue weighted by Crippen LogP contribution is 2.16. The molecule has 3 N–H and O–H groups in total. The molecule has 24 heavy (non-hydrogen) atoms. The number of hydrogen-bond acceptors (Lipinski definition) is 3. The molecule has 0 bridgehead atoms. The Labute approximate surface area is 141 Å². The summed E-state index contributed by atoms with van der Waals surface area (Å²) in [5.41, 5.74) is 3.21. The fraction of sp³-hybridized carbons (Fsp3) is 0.389. The quantitative estimate of drug-likeness (QED) is 0.737. The number of hydrogen-bond donors (Lipinski definition) is 3. The van der Waals surface area contributed by atoms with E-state index in [1.807, 2.05) is 31.2 Å². The van der Waals surface area contributed by atoms with Gasteiger partial charge in [0.05, 0.1) is 0 Å². The third kappa shape index (κ3) is 4.68. The van der Waals surface area contributed by atoms with E-state index in [1.54, 1.807) is 0 Å². The maximum atomic E-state index is 12.0. The van der Waals surface area contributed by atoms with Gasteiger partial charge in [-0.25, -0.2) is 9.78 Å². The lowest BCUT2D eigenvalue weighted by atomic mass is 10.00. The van der Waals surface area contributed by atoms with Crippen LogP contribution in [-0.4, -0.2) is 27.8 Å². The summed E-state index contributed by atoms with van der Waals surface area (Å²) >= 11 is 0. The number of carbonyl (C=O) groups is 1. The highest BCUT2D eigenvalue weighted by molar-refractivity contribution is 5.89. The first-order valence-electron chi connectivity index (χ1n) is 8.38. The van der Waals surface area contributed by atoms with Crippen molar-refractivity contribution in [2.45, 2.75) is 39.0 Å². The zero-order valence-electron chi connectivity index (χ0n) is 13.9. The highest BCUT2D eigenvalue weighted by Gasteiger charge is 2.07. The van der Waals surface area contributed by atoms with Gasteiger partial charge >= 0.3 is 6.03 Å². The van der Waals surface area contributed by atoms with Gasteiger partial charge in [0.2, 0.25) is 0 Å². The topological polar surface area (TPSA) is 82.7 Å². The van der Waals surface area contributed by atoms with E-state index in [0.29, 0.717) is 13.0 Å². The fourth-order valence-corrected chi connectivity index (χ4v) is 2.79. The van der Waals surface area contributed by atoms with Crippen molar-refractivity contribution < 1.29 is 4.79 Å². The molecule has 0 unspecified atom stereocenters. The third-order valence-electron chi connectivity index (χ3n) is 4.08. The van der Waals surface area contributed by atoms with E-state index in [0.717, 1.165) is 35.7 Å². The van der Waals surface area contributed by atoms with Gasteiger partial charge in [-0.05, 0) is 50.3 Å². The molecule has 0 spiro atoms. The van der Waals surface area contributed by atoms with Crippen molar-refractivity contribution in [2.75, 3.05) is 11.9 Å². The number of anilines is 1. The van der Waals surface area contributed by atoms with E-state index < -0.39 is 0 Å². The third-order valence-corrected chi connectivity index (χ3v) is 4.08. The number of nitrogens with zero attached hydrogens (tertiary/aromatic N) is 2. The second-order valence-corrected chi connectivity index (χ2v) is 6.13. The minimum absolute atomic E-state index is 0.168. The maximum absolute atomic E-state index is 12.0. The van der Waals surface area contributed by atoms with E-state index in [4.69, 9.17) is 0 Å². The molecule has 2 aromatic rings. The molecule has 1 aromatic carbocycles. The number of carbonyl (C=O) groups excluding carboxylic acids is 1. The van der Waals surface area contributed by atoms with E-state index in [-0.39, 0.29) is 6.03 Å². The van der Waals surface area contributed by atoms with Crippen LogP contribution in [0.25, 0.3) is 0 Å². The Morgan fingerprint density at radius 1 is 1.25 bits per heavy atom. The van der Waals surface area contributed by atoms with Crippen LogP contribution in [0, 0.1) is 6.92 Å². The van der Waals surface area contributed by atoms with Crippen molar-refractivity contribution in [3.8, 4) is 0 Å². The predicted molar refractivity (Wildman–Crippen MR) is 93.9 cm³/mol. The molecule has 0 aliphatic heterocycles. The van der Waals surface area contributed by atoms with Crippen molar-refractivity contribution >= 4 is 11.7 Å². The van der Waals surface area contributed by atoms with Crippen molar-refractivity contribution in [3.05, 3.63) is 53.1 Å². The smallest absolute Gasteiger partial charge is 0.319 e. The maximum Gasteiger partial charge on any atom is 0.319 e.